The molecule has 34 heavy (non-hydrogen) atoms. The molecule has 1 saturated heterocycles. The van der Waals surface area contributed by atoms with Crippen LogP contribution in [-0.2, 0) is 14.4 Å². The molecule has 0 atom stereocenters. The molecule has 0 radical (unpaired) electrons. The first-order valence-corrected chi connectivity index (χ1v) is 11.3. The van der Waals surface area contributed by atoms with Gasteiger partial charge in [0.15, 0.2) is 0 Å². The summed E-state index contributed by atoms with van der Waals surface area (Å²) in [6.07, 6.45) is 5.86. The highest BCUT2D eigenvalue weighted by molar-refractivity contribution is 6.45. The third kappa shape index (κ3) is 6.09. The Morgan fingerprint density at radius 2 is 1.94 bits per heavy atom. The van der Waals surface area contributed by atoms with Crippen LogP contribution >= 0.6 is 0 Å². The normalized spacial score (nSPS) is 18.5. The summed E-state index contributed by atoms with van der Waals surface area (Å²) in [6.45, 7) is 4.43. The highest BCUT2D eigenvalue weighted by atomic mass is 16.5. The van der Waals surface area contributed by atoms with Crippen molar-refractivity contribution in [2.45, 2.75) is 37.8 Å². The number of amidine groups is 1. The largest absolute Gasteiger partial charge is 0.487 e. The van der Waals surface area contributed by atoms with Gasteiger partial charge in [0, 0.05) is 29.8 Å². The van der Waals surface area contributed by atoms with Crippen molar-refractivity contribution in [1.29, 1.82) is 5.41 Å². The molecule has 0 bridgehead atoms. The Hall–Kier alpha value is -3.95. The summed E-state index contributed by atoms with van der Waals surface area (Å²) in [5, 5.41) is 14.2. The summed E-state index contributed by atoms with van der Waals surface area (Å²) in [5.74, 6) is -0.540. The van der Waals surface area contributed by atoms with E-state index in [1.807, 2.05) is 0 Å². The molecule has 0 unspecified atom stereocenters. The molecule has 1 aromatic rings. The molecule has 3 amide bonds. The Kier molecular flexibility index (Phi) is 6.76. The van der Waals surface area contributed by atoms with E-state index in [-0.39, 0.29) is 47.1 Å². The minimum absolute atomic E-state index is 0.0720. The molecule has 0 aromatic heterocycles. The standard InChI is InChI=1S/C24H28N6O4/c1-2-21(31)30-12-18(13-30)34-17-5-3-4-16(10-17)27-19(22(26)24(33)28-15-8-9-15)11-20(25)29-23(32)14-6-7-14/h2-5,10-11,14-15,18,26-27H,1,6-9,12-13H2,(H,28,33)(H2,25,29,32)/b19-11+,26-22?. The van der Waals surface area contributed by atoms with Gasteiger partial charge in [-0.25, -0.2) is 0 Å². The Morgan fingerprint density at radius 3 is 2.59 bits per heavy atom. The molecular formula is C24H28N6O4. The van der Waals surface area contributed by atoms with Gasteiger partial charge >= 0.3 is 0 Å². The van der Waals surface area contributed by atoms with Crippen molar-refractivity contribution in [1.82, 2.24) is 10.2 Å². The highest BCUT2D eigenvalue weighted by Gasteiger charge is 2.31. The number of ether oxygens (including phenoxy) is 1. The zero-order valence-corrected chi connectivity index (χ0v) is 18.8. The van der Waals surface area contributed by atoms with E-state index < -0.39 is 5.91 Å². The predicted octanol–water partition coefficient (Wildman–Crippen LogP) is 1.35. The lowest BCUT2D eigenvalue weighted by Crippen LogP contribution is -2.55. The monoisotopic (exact) mass is 464 g/mol. The molecule has 1 aromatic carbocycles. The van der Waals surface area contributed by atoms with Gasteiger partial charge in [0.25, 0.3) is 11.8 Å². The van der Waals surface area contributed by atoms with Crippen molar-refractivity contribution in [2.24, 2.45) is 16.6 Å². The summed E-state index contributed by atoms with van der Waals surface area (Å²) in [6, 6.07) is 7.11. The first-order valence-electron chi connectivity index (χ1n) is 11.3. The Labute approximate surface area is 197 Å². The van der Waals surface area contributed by atoms with Crippen LogP contribution in [0.2, 0.25) is 0 Å². The summed E-state index contributed by atoms with van der Waals surface area (Å²) in [5.41, 5.74) is 6.30. The molecule has 2 saturated carbocycles. The molecule has 1 aliphatic heterocycles. The van der Waals surface area contributed by atoms with Gasteiger partial charge in [-0.2, -0.15) is 4.99 Å². The number of benzene rings is 1. The van der Waals surface area contributed by atoms with Crippen LogP contribution in [0.1, 0.15) is 25.7 Å². The fourth-order valence-electron chi connectivity index (χ4n) is 3.32. The molecule has 178 valence electrons. The van der Waals surface area contributed by atoms with Gasteiger partial charge in [0.1, 0.15) is 23.4 Å². The number of nitrogens with one attached hydrogen (secondary N) is 3. The number of amides is 3. The highest BCUT2D eigenvalue weighted by Crippen LogP contribution is 2.30. The van der Waals surface area contributed by atoms with E-state index in [1.54, 1.807) is 29.2 Å². The van der Waals surface area contributed by atoms with E-state index in [2.05, 4.69) is 22.2 Å². The summed E-state index contributed by atoms with van der Waals surface area (Å²) < 4.78 is 5.92. The lowest BCUT2D eigenvalue weighted by atomic mass is 10.1. The first kappa shape index (κ1) is 23.2. The molecule has 10 heteroatoms. The van der Waals surface area contributed by atoms with Crippen LogP contribution in [0.15, 0.2) is 53.7 Å². The van der Waals surface area contributed by atoms with E-state index >= 15 is 0 Å². The number of nitrogens with zero attached hydrogens (tertiary/aromatic N) is 2. The Morgan fingerprint density at radius 1 is 1.21 bits per heavy atom. The number of aliphatic imine (C=N–C) groups is 1. The van der Waals surface area contributed by atoms with Crippen molar-refractivity contribution in [3.05, 3.63) is 48.7 Å². The van der Waals surface area contributed by atoms with Crippen molar-refractivity contribution in [2.75, 3.05) is 18.4 Å². The molecule has 10 nitrogen and oxygen atoms in total. The second-order valence-corrected chi connectivity index (χ2v) is 8.67. The Balaban J connectivity index is 1.46. The van der Waals surface area contributed by atoms with Crippen LogP contribution in [0, 0.1) is 11.3 Å². The van der Waals surface area contributed by atoms with E-state index in [1.165, 1.54) is 12.2 Å². The number of rotatable bonds is 10. The lowest BCUT2D eigenvalue weighted by Gasteiger charge is -2.38. The van der Waals surface area contributed by atoms with E-state index in [0.29, 0.717) is 24.5 Å². The number of carbonyl (C=O) groups is 3. The van der Waals surface area contributed by atoms with Gasteiger partial charge in [-0.3, -0.25) is 19.8 Å². The zero-order chi connectivity index (χ0) is 24.2. The number of likely N-dealkylation sites (tertiary alicyclic amines) is 1. The molecule has 1 heterocycles. The maximum absolute atomic E-state index is 12.5. The number of anilines is 1. The van der Waals surface area contributed by atoms with Gasteiger partial charge < -0.3 is 26.0 Å². The van der Waals surface area contributed by atoms with Crippen molar-refractivity contribution < 1.29 is 19.1 Å². The summed E-state index contributed by atoms with van der Waals surface area (Å²) >= 11 is 0. The molecule has 0 spiro atoms. The maximum Gasteiger partial charge on any atom is 0.271 e. The average molecular weight is 465 g/mol. The molecule has 5 N–H and O–H groups in total. The van der Waals surface area contributed by atoms with Crippen molar-refractivity contribution in [3.63, 3.8) is 0 Å². The number of carbonyl (C=O) groups excluding carboxylic acids is 3. The fraction of sp³-hybridized carbons (Fsp3) is 0.375. The topological polar surface area (TPSA) is 150 Å². The van der Waals surface area contributed by atoms with Crippen LogP contribution in [-0.4, -0.2) is 59.4 Å². The third-order valence-corrected chi connectivity index (χ3v) is 5.62. The van der Waals surface area contributed by atoms with Crippen LogP contribution < -0.4 is 21.1 Å². The van der Waals surface area contributed by atoms with E-state index in [0.717, 1.165) is 25.7 Å². The third-order valence-electron chi connectivity index (χ3n) is 5.62. The van der Waals surface area contributed by atoms with Crippen molar-refractivity contribution >= 4 is 35.0 Å². The lowest BCUT2D eigenvalue weighted by molar-refractivity contribution is -0.134. The maximum atomic E-state index is 12.5. The average Bonchev–Trinajstić information content (AvgIpc) is 3.68. The van der Waals surface area contributed by atoms with Gasteiger partial charge in [0.2, 0.25) is 5.91 Å². The van der Waals surface area contributed by atoms with Gasteiger partial charge in [-0.1, -0.05) is 12.6 Å². The van der Waals surface area contributed by atoms with Crippen LogP contribution in [0.3, 0.4) is 0 Å². The molecule has 4 rings (SSSR count). The number of hydrogen-bond acceptors (Lipinski definition) is 6. The van der Waals surface area contributed by atoms with E-state index in [9.17, 15) is 14.4 Å². The fourth-order valence-corrected chi connectivity index (χ4v) is 3.32. The molecule has 3 aliphatic rings. The zero-order valence-electron chi connectivity index (χ0n) is 18.8. The Bertz CT molecular complexity index is 1080. The van der Waals surface area contributed by atoms with Crippen LogP contribution in [0.4, 0.5) is 5.69 Å². The predicted molar refractivity (Wildman–Crippen MR) is 128 cm³/mol. The molecular weight excluding hydrogens is 436 g/mol. The van der Waals surface area contributed by atoms with E-state index in [4.69, 9.17) is 15.9 Å². The quantitative estimate of drug-likeness (QED) is 0.233. The van der Waals surface area contributed by atoms with Gasteiger partial charge in [-0.05, 0) is 43.9 Å². The van der Waals surface area contributed by atoms with Crippen molar-refractivity contribution in [3.8, 4) is 5.75 Å². The summed E-state index contributed by atoms with van der Waals surface area (Å²) in [4.78, 5) is 41.6. The number of hydrogen-bond donors (Lipinski definition) is 4. The summed E-state index contributed by atoms with van der Waals surface area (Å²) in [7, 11) is 0. The second kappa shape index (κ2) is 9.90. The van der Waals surface area contributed by atoms with Crippen LogP contribution in [0.5, 0.6) is 5.75 Å². The minimum atomic E-state index is -0.531. The smallest absolute Gasteiger partial charge is 0.271 e. The minimum Gasteiger partial charge on any atom is -0.487 e. The van der Waals surface area contributed by atoms with Gasteiger partial charge in [-0.15, -0.1) is 0 Å². The van der Waals surface area contributed by atoms with Crippen LogP contribution in [0.25, 0.3) is 0 Å². The first-order chi connectivity index (χ1) is 16.3. The molecule has 3 fully saturated rings. The molecule has 2 aliphatic carbocycles. The second-order valence-electron chi connectivity index (χ2n) is 8.67. The SMILES string of the molecule is C=CC(=O)N1CC(Oc2cccc(N/C(=C/C(N)=NC(=O)C3CC3)C(=N)C(=O)NC3CC3)c2)C1. The van der Waals surface area contributed by atoms with Gasteiger partial charge in [0.05, 0.1) is 18.8 Å². The number of nitrogens with two attached hydrogens (primary N) is 1.